The van der Waals surface area contributed by atoms with Crippen LogP contribution in [0.1, 0.15) is 11.1 Å². The van der Waals surface area contributed by atoms with Crippen LogP contribution in [0.5, 0.6) is 5.75 Å². The number of Topliss-reactive ketones (excluding diaryl/α,β-unsaturated/α-hetero) is 2. The standard InChI is InChI=1S/C22H22N2O8.C10H14N4O4/c1-7-8-5-4-6-9(25)11(8)16(26)12-10(7)17(27)14-15(24(2)3)18(28)13(21(23)31)20(30)22(14,32)19(12)29;1-12-8-7(9(17)13(2)10(12)18)14(5-11-8)3-6(16)4-15/h4-6,10,14-15,17,25-27,30,32H,1H2,2-3H3,(H2,23,31);5-6,15-16H,3-4H2,1-2H3/t10-,14-,15+,17+,22+;/m1./s1. The Balaban J connectivity index is 0.000000228. The predicted molar refractivity (Wildman–Crippen MR) is 174 cm³/mol. The maximum Gasteiger partial charge on any atom is 0.332 e. The third kappa shape index (κ3) is 4.99. The van der Waals surface area contributed by atoms with Crippen molar-refractivity contribution in [3.63, 3.8) is 0 Å². The summed E-state index contributed by atoms with van der Waals surface area (Å²) in [6.45, 7) is 3.55. The third-order valence-corrected chi connectivity index (χ3v) is 9.44. The number of amides is 1. The van der Waals surface area contributed by atoms with Crippen molar-refractivity contribution in [2.45, 2.75) is 30.4 Å². The number of rotatable bonds is 5. The van der Waals surface area contributed by atoms with Gasteiger partial charge in [-0.1, -0.05) is 18.7 Å². The Morgan fingerprint density at radius 2 is 1.76 bits per heavy atom. The van der Waals surface area contributed by atoms with Crippen molar-refractivity contribution >= 4 is 40.0 Å². The number of aromatic nitrogens is 4. The number of carbonyl (C=O) groups excluding carboxylic acids is 3. The highest BCUT2D eigenvalue weighted by Gasteiger charge is 2.68. The zero-order chi connectivity index (χ0) is 37.3. The van der Waals surface area contributed by atoms with E-state index in [0.717, 1.165) is 4.57 Å². The number of nitrogens with zero attached hydrogens (tertiary/aromatic N) is 5. The number of aliphatic hydroxyl groups excluding tert-OH is 5. The highest BCUT2D eigenvalue weighted by atomic mass is 16.4. The summed E-state index contributed by atoms with van der Waals surface area (Å²) < 4.78 is 3.67. The average molecular weight is 697 g/mol. The summed E-state index contributed by atoms with van der Waals surface area (Å²) in [6, 6.07) is 2.89. The quantitative estimate of drug-likeness (QED) is 0.125. The molecule has 1 aromatic carbocycles. The van der Waals surface area contributed by atoms with Crippen LogP contribution in [0.15, 0.2) is 57.6 Å². The molecule has 18 nitrogen and oxygen atoms in total. The number of benzene rings is 1. The zero-order valence-corrected chi connectivity index (χ0v) is 27.3. The molecule has 1 amide bonds. The summed E-state index contributed by atoms with van der Waals surface area (Å²) in [7, 11) is 5.77. The number of likely N-dealkylation sites (N-methyl/N-ethyl adjacent to an activating group) is 1. The van der Waals surface area contributed by atoms with Crippen LogP contribution in [0.3, 0.4) is 0 Å². The average Bonchev–Trinajstić information content (AvgIpc) is 3.47. The Kier molecular flexibility index (Phi) is 8.96. The number of aromatic hydroxyl groups is 1. The highest BCUT2D eigenvalue weighted by molar-refractivity contribution is 6.25. The summed E-state index contributed by atoms with van der Waals surface area (Å²) >= 11 is 0. The highest BCUT2D eigenvalue weighted by Crippen LogP contribution is 2.55. The molecule has 9 N–H and O–H groups in total. The molecule has 18 heteroatoms. The molecular formula is C32H36N6O12. The molecule has 0 aliphatic heterocycles. The zero-order valence-electron chi connectivity index (χ0n) is 27.3. The van der Waals surface area contributed by atoms with Gasteiger partial charge < -0.3 is 46.0 Å². The largest absolute Gasteiger partial charge is 0.508 e. The number of carbonyl (C=O) groups is 3. The van der Waals surface area contributed by atoms with Gasteiger partial charge in [0.25, 0.3) is 11.5 Å². The Bertz CT molecular complexity index is 2180. The molecule has 3 aromatic rings. The SMILES string of the molecule is C=C1c2cccc(O)c2C(O)=C2C(=O)[C@]3(O)C(O)=C(C(N)=O)C(=O)[C@@H](N(C)C)[C@@H]3[C@@H](O)[C@H]12.Cn1c(=O)c2c(ncn2CC(O)CO)n(C)c1=O. The third-order valence-electron chi connectivity index (χ3n) is 9.44. The number of primary amides is 1. The van der Waals surface area contributed by atoms with Gasteiger partial charge in [-0.25, -0.2) is 9.78 Å². The van der Waals surface area contributed by atoms with Gasteiger partial charge >= 0.3 is 5.69 Å². The molecule has 3 aliphatic rings. The second-order valence-electron chi connectivity index (χ2n) is 12.5. The number of imidazole rings is 1. The lowest BCUT2D eigenvalue weighted by Crippen LogP contribution is -2.70. The first-order valence-corrected chi connectivity index (χ1v) is 15.1. The number of aryl methyl sites for hydroxylation is 1. The van der Waals surface area contributed by atoms with Gasteiger partial charge in [-0.05, 0) is 31.3 Å². The van der Waals surface area contributed by atoms with Crippen molar-refractivity contribution in [1.82, 2.24) is 23.6 Å². The second kappa shape index (κ2) is 12.5. The van der Waals surface area contributed by atoms with E-state index in [2.05, 4.69) is 11.6 Å². The number of fused-ring (bicyclic) bond motifs is 4. The molecular weight excluding hydrogens is 660 g/mol. The minimum atomic E-state index is -2.94. The Hall–Kier alpha value is -5.40. The van der Waals surface area contributed by atoms with Gasteiger partial charge in [-0.15, -0.1) is 0 Å². The van der Waals surface area contributed by atoms with Crippen LogP contribution in [-0.4, -0.2) is 121 Å². The first-order valence-electron chi connectivity index (χ1n) is 15.1. The molecule has 266 valence electrons. The molecule has 1 unspecified atom stereocenters. The maximum atomic E-state index is 13.6. The van der Waals surface area contributed by atoms with Gasteiger partial charge in [0, 0.05) is 20.0 Å². The topological polar surface area (TPSA) is 284 Å². The van der Waals surface area contributed by atoms with Crippen LogP contribution in [0.25, 0.3) is 22.5 Å². The van der Waals surface area contributed by atoms with Crippen LogP contribution in [0.4, 0.5) is 0 Å². The van der Waals surface area contributed by atoms with Gasteiger partial charge in [0.05, 0.1) is 54.8 Å². The molecule has 0 spiro atoms. The van der Waals surface area contributed by atoms with Crippen molar-refractivity contribution in [1.29, 1.82) is 0 Å². The van der Waals surface area contributed by atoms with Crippen LogP contribution in [0.2, 0.25) is 0 Å². The van der Waals surface area contributed by atoms with Gasteiger partial charge in [0.15, 0.2) is 22.5 Å². The lowest BCUT2D eigenvalue weighted by Gasteiger charge is -2.52. The lowest BCUT2D eigenvalue weighted by atomic mass is 9.55. The fourth-order valence-corrected chi connectivity index (χ4v) is 7.03. The fourth-order valence-electron chi connectivity index (χ4n) is 7.03. The van der Waals surface area contributed by atoms with Gasteiger partial charge in [0.1, 0.15) is 22.8 Å². The van der Waals surface area contributed by atoms with Crippen molar-refractivity contribution in [2.75, 3.05) is 20.7 Å². The van der Waals surface area contributed by atoms with E-state index in [-0.39, 0.29) is 40.2 Å². The molecule has 6 rings (SSSR count). The number of nitrogens with two attached hydrogens (primary N) is 1. The number of phenols is 1. The molecule has 1 fully saturated rings. The normalized spacial score (nSPS) is 25.3. The Morgan fingerprint density at radius 3 is 2.34 bits per heavy atom. The first-order chi connectivity index (χ1) is 23.3. The van der Waals surface area contributed by atoms with Crippen molar-refractivity contribution < 1.29 is 50.1 Å². The Labute approximate surface area is 282 Å². The molecule has 0 saturated heterocycles. The van der Waals surface area contributed by atoms with E-state index in [9.17, 15) is 54.6 Å². The lowest BCUT2D eigenvalue weighted by molar-refractivity contribution is -0.166. The van der Waals surface area contributed by atoms with E-state index in [0.29, 0.717) is 0 Å². The van der Waals surface area contributed by atoms with E-state index in [1.165, 1.54) is 66.8 Å². The summed E-state index contributed by atoms with van der Waals surface area (Å²) in [6.07, 6.45) is -1.31. The number of hydrogen-bond acceptors (Lipinski definition) is 14. The summed E-state index contributed by atoms with van der Waals surface area (Å²) in [4.78, 5) is 67.5. The van der Waals surface area contributed by atoms with Gasteiger partial charge in [-0.3, -0.25) is 33.2 Å². The smallest absolute Gasteiger partial charge is 0.332 e. The molecule has 0 bridgehead atoms. The predicted octanol–water partition coefficient (Wildman–Crippen LogP) is -2.81. The van der Waals surface area contributed by atoms with Crippen LogP contribution >= 0.6 is 0 Å². The van der Waals surface area contributed by atoms with E-state index in [1.54, 1.807) is 0 Å². The van der Waals surface area contributed by atoms with E-state index < -0.39 is 93.7 Å². The van der Waals surface area contributed by atoms with E-state index >= 15 is 0 Å². The number of aliphatic hydroxyl groups is 6. The van der Waals surface area contributed by atoms with Crippen molar-refractivity contribution in [3.8, 4) is 5.75 Å². The molecule has 50 heavy (non-hydrogen) atoms. The molecule has 2 aromatic heterocycles. The number of ketones is 2. The minimum absolute atomic E-state index is 0.0421. The summed E-state index contributed by atoms with van der Waals surface area (Å²) in [5.41, 5.74) is 0.717. The van der Waals surface area contributed by atoms with Gasteiger partial charge in [0.2, 0.25) is 5.78 Å². The van der Waals surface area contributed by atoms with E-state index in [1.807, 2.05) is 0 Å². The number of phenolic OH excluding ortho intramolecular Hbond substituents is 1. The summed E-state index contributed by atoms with van der Waals surface area (Å²) in [5.74, 6) is -8.78. The van der Waals surface area contributed by atoms with Crippen molar-refractivity contribution in [3.05, 3.63) is 80.0 Å². The van der Waals surface area contributed by atoms with Crippen molar-refractivity contribution in [2.24, 2.45) is 31.7 Å². The van der Waals surface area contributed by atoms with Gasteiger partial charge in [-0.2, -0.15) is 0 Å². The molecule has 3 aliphatic carbocycles. The summed E-state index contributed by atoms with van der Waals surface area (Å²) in [5, 5.41) is 72.9. The van der Waals surface area contributed by atoms with Crippen LogP contribution in [0, 0.1) is 11.8 Å². The fraction of sp³-hybridized carbons (Fsp3) is 0.375. The molecule has 1 saturated carbocycles. The molecule has 0 radical (unpaired) electrons. The van der Waals surface area contributed by atoms with Crippen LogP contribution < -0.4 is 17.0 Å². The minimum Gasteiger partial charge on any atom is -0.508 e. The monoisotopic (exact) mass is 696 g/mol. The van der Waals surface area contributed by atoms with E-state index in [4.69, 9.17) is 10.8 Å². The van der Waals surface area contributed by atoms with Crippen LogP contribution in [-0.2, 0) is 35.0 Å². The Morgan fingerprint density at radius 1 is 1.12 bits per heavy atom. The maximum absolute atomic E-state index is 13.6. The number of hydrogen-bond donors (Lipinski definition) is 8. The molecule has 6 atom stereocenters. The second-order valence-corrected chi connectivity index (χ2v) is 12.5. The molecule has 2 heterocycles. The first kappa shape index (κ1) is 35.9.